The van der Waals surface area contributed by atoms with Crippen LogP contribution in [0.4, 0.5) is 0 Å². The first-order chi connectivity index (χ1) is 10.1. The molecule has 7 heteroatoms. The summed E-state index contributed by atoms with van der Waals surface area (Å²) >= 11 is -1.72. The lowest BCUT2D eigenvalue weighted by atomic mass is 10.2. The van der Waals surface area contributed by atoms with Crippen molar-refractivity contribution < 1.29 is 22.3 Å². The molecule has 0 radical (unpaired) electrons. The maximum atomic E-state index is 12.4. The predicted molar refractivity (Wildman–Crippen MR) is 90.2 cm³/mol. The summed E-state index contributed by atoms with van der Waals surface area (Å²) in [6.07, 6.45) is 0. The monoisotopic (exact) mass is 346 g/mol. The van der Waals surface area contributed by atoms with E-state index in [9.17, 15) is 4.21 Å². The fraction of sp³-hybridized carbons (Fsp3) is 0.600. The van der Waals surface area contributed by atoms with E-state index < -0.39 is 19.4 Å². The zero-order chi connectivity index (χ0) is 17.0. The molecule has 0 saturated carbocycles. The fourth-order valence-electron chi connectivity index (χ4n) is 1.47. The van der Waals surface area contributed by atoms with Crippen LogP contribution < -0.4 is 9.47 Å². The van der Waals surface area contributed by atoms with Crippen LogP contribution in [0.1, 0.15) is 20.8 Å². The van der Waals surface area contributed by atoms with Gasteiger partial charge in [0, 0.05) is 0 Å². The molecule has 0 aliphatic carbocycles. The Balaban J connectivity index is 2.79. The molecule has 0 aliphatic heterocycles. The van der Waals surface area contributed by atoms with Crippen molar-refractivity contribution >= 4 is 19.4 Å². The Labute approximate surface area is 136 Å². The maximum absolute atomic E-state index is 12.4. The molecular formula is C15H26O5SSi. The molecule has 0 aliphatic rings. The minimum atomic E-state index is -1.94. The lowest BCUT2D eigenvalue weighted by Gasteiger charge is -2.35. The molecule has 1 aromatic rings. The summed E-state index contributed by atoms with van der Waals surface area (Å²) in [5, 5.41) is 0.0694. The van der Waals surface area contributed by atoms with Crippen molar-refractivity contribution in [2.45, 2.75) is 43.8 Å². The Morgan fingerprint density at radius 2 is 1.59 bits per heavy atom. The first kappa shape index (κ1) is 19.2. The van der Waals surface area contributed by atoms with E-state index in [-0.39, 0.29) is 11.8 Å². The van der Waals surface area contributed by atoms with Gasteiger partial charge in [-0.15, -0.1) is 0 Å². The smallest absolute Gasteiger partial charge is 0.199 e. The molecule has 0 saturated heterocycles. The second-order valence-corrected chi connectivity index (χ2v) is 12.3. The summed E-state index contributed by atoms with van der Waals surface area (Å²) in [6, 6.07) is 5.20. The zero-order valence-corrected chi connectivity index (χ0v) is 16.2. The highest BCUT2D eigenvalue weighted by Crippen LogP contribution is 2.37. The van der Waals surface area contributed by atoms with Crippen LogP contribution >= 0.6 is 0 Å². The van der Waals surface area contributed by atoms with Crippen molar-refractivity contribution in [1.29, 1.82) is 0 Å². The molecule has 0 spiro atoms. The van der Waals surface area contributed by atoms with E-state index in [0.717, 1.165) is 0 Å². The molecule has 0 amide bonds. The molecule has 1 unspecified atom stereocenters. The molecule has 1 atom stereocenters. The lowest BCUT2D eigenvalue weighted by molar-refractivity contribution is 0.119. The SMILES string of the molecule is COc1cccc(OC)c1S(=O)OCO[Si](C)(C)C(C)(C)C. The van der Waals surface area contributed by atoms with Crippen molar-refractivity contribution in [3.05, 3.63) is 18.2 Å². The number of rotatable bonds is 7. The van der Waals surface area contributed by atoms with Gasteiger partial charge in [-0.2, -0.15) is 0 Å². The Kier molecular flexibility index (Phi) is 6.60. The predicted octanol–water partition coefficient (Wildman–Crippen LogP) is 3.72. The first-order valence-corrected chi connectivity index (χ1v) is 11.0. The van der Waals surface area contributed by atoms with Crippen LogP contribution in [0.3, 0.4) is 0 Å². The van der Waals surface area contributed by atoms with Gasteiger partial charge in [0.1, 0.15) is 11.5 Å². The van der Waals surface area contributed by atoms with Crippen LogP contribution in [-0.2, 0) is 19.7 Å². The molecule has 1 rings (SSSR count). The van der Waals surface area contributed by atoms with Gasteiger partial charge in [0.05, 0.1) is 14.2 Å². The Hall–Kier alpha value is -0.893. The summed E-state index contributed by atoms with van der Waals surface area (Å²) < 4.78 is 34.1. The quantitative estimate of drug-likeness (QED) is 0.556. The molecule has 22 heavy (non-hydrogen) atoms. The number of ether oxygens (including phenoxy) is 2. The van der Waals surface area contributed by atoms with E-state index in [4.69, 9.17) is 18.1 Å². The van der Waals surface area contributed by atoms with Gasteiger partial charge in [0.15, 0.2) is 31.1 Å². The fourth-order valence-corrected chi connectivity index (χ4v) is 3.23. The average Bonchev–Trinajstić information content (AvgIpc) is 2.44. The minimum absolute atomic E-state index is 0.0235. The van der Waals surface area contributed by atoms with Gasteiger partial charge < -0.3 is 13.9 Å². The van der Waals surface area contributed by atoms with E-state index in [2.05, 4.69) is 33.9 Å². The van der Waals surface area contributed by atoms with E-state index in [1.807, 2.05) is 0 Å². The van der Waals surface area contributed by atoms with E-state index in [1.165, 1.54) is 14.2 Å². The van der Waals surface area contributed by atoms with Crippen molar-refractivity contribution in [3.8, 4) is 11.5 Å². The third-order valence-electron chi connectivity index (χ3n) is 3.93. The molecular weight excluding hydrogens is 320 g/mol. The lowest BCUT2D eigenvalue weighted by Crippen LogP contribution is -2.41. The van der Waals surface area contributed by atoms with Crippen molar-refractivity contribution in [2.24, 2.45) is 0 Å². The number of methoxy groups -OCH3 is 2. The molecule has 1 aromatic carbocycles. The second-order valence-electron chi connectivity index (χ2n) is 6.37. The summed E-state index contributed by atoms with van der Waals surface area (Å²) in [5.74, 6) is 0.926. The molecule has 0 N–H and O–H groups in total. The van der Waals surface area contributed by atoms with Crippen LogP contribution in [0.5, 0.6) is 11.5 Å². The Morgan fingerprint density at radius 1 is 1.09 bits per heavy atom. The van der Waals surface area contributed by atoms with Crippen molar-refractivity contribution in [3.63, 3.8) is 0 Å². The average molecular weight is 347 g/mol. The summed E-state index contributed by atoms with van der Waals surface area (Å²) in [4.78, 5) is 0.381. The van der Waals surface area contributed by atoms with Crippen LogP contribution in [0, 0.1) is 0 Å². The van der Waals surface area contributed by atoms with Gasteiger partial charge in [0.25, 0.3) is 0 Å². The molecule has 0 aromatic heterocycles. The highest BCUT2D eigenvalue weighted by Gasteiger charge is 2.37. The van der Waals surface area contributed by atoms with Gasteiger partial charge >= 0.3 is 0 Å². The van der Waals surface area contributed by atoms with Gasteiger partial charge in [0.2, 0.25) is 0 Å². The molecule has 0 heterocycles. The van der Waals surface area contributed by atoms with E-state index in [1.54, 1.807) is 18.2 Å². The molecule has 5 nitrogen and oxygen atoms in total. The topological polar surface area (TPSA) is 54.0 Å². The van der Waals surface area contributed by atoms with Gasteiger partial charge in [-0.25, -0.2) is 4.21 Å². The van der Waals surface area contributed by atoms with Crippen molar-refractivity contribution in [1.82, 2.24) is 0 Å². The van der Waals surface area contributed by atoms with Crippen LogP contribution in [0.15, 0.2) is 23.1 Å². The van der Waals surface area contributed by atoms with Crippen LogP contribution in [0.2, 0.25) is 18.1 Å². The number of hydrogen-bond acceptors (Lipinski definition) is 5. The zero-order valence-electron chi connectivity index (χ0n) is 14.4. The molecule has 126 valence electrons. The van der Waals surface area contributed by atoms with Gasteiger partial charge in [-0.05, 0) is 30.3 Å². The summed E-state index contributed by atoms with van der Waals surface area (Å²) in [6.45, 7) is 10.6. The minimum Gasteiger partial charge on any atom is -0.495 e. The number of benzene rings is 1. The molecule has 0 bridgehead atoms. The molecule has 0 fully saturated rings. The third-order valence-corrected chi connectivity index (χ3v) is 9.43. The standard InChI is InChI=1S/C15H26O5SSi/c1-15(2,3)22(6,7)20-11-19-21(16)14-12(17-4)9-8-10-13(14)18-5/h8-10H,11H2,1-7H3. The first-order valence-electron chi connectivity index (χ1n) is 7.04. The highest BCUT2D eigenvalue weighted by atomic mass is 32.2. The van der Waals surface area contributed by atoms with Crippen LogP contribution in [-0.4, -0.2) is 33.5 Å². The largest absolute Gasteiger partial charge is 0.495 e. The Morgan fingerprint density at radius 3 is 2.00 bits per heavy atom. The van der Waals surface area contributed by atoms with E-state index in [0.29, 0.717) is 16.4 Å². The third kappa shape index (κ3) is 4.55. The summed E-state index contributed by atoms with van der Waals surface area (Å²) in [7, 11) is 1.09. The summed E-state index contributed by atoms with van der Waals surface area (Å²) in [5.41, 5.74) is 0. The van der Waals surface area contributed by atoms with Gasteiger partial charge in [-0.3, -0.25) is 4.18 Å². The van der Waals surface area contributed by atoms with Gasteiger partial charge in [-0.1, -0.05) is 26.8 Å². The maximum Gasteiger partial charge on any atom is 0.199 e. The van der Waals surface area contributed by atoms with Crippen LogP contribution in [0.25, 0.3) is 0 Å². The Bertz CT molecular complexity index is 503. The highest BCUT2D eigenvalue weighted by molar-refractivity contribution is 7.80. The van der Waals surface area contributed by atoms with E-state index >= 15 is 0 Å². The second kappa shape index (κ2) is 7.59. The van der Waals surface area contributed by atoms with Crippen molar-refractivity contribution in [2.75, 3.05) is 21.0 Å². The number of hydrogen-bond donors (Lipinski definition) is 0. The normalized spacial score (nSPS) is 13.8.